The van der Waals surface area contributed by atoms with Crippen LogP contribution in [-0.4, -0.2) is 38.3 Å². The third-order valence-electron chi connectivity index (χ3n) is 4.44. The molecule has 0 bridgehead atoms. The van der Waals surface area contributed by atoms with Crippen molar-refractivity contribution in [2.45, 2.75) is 23.9 Å². The third kappa shape index (κ3) is 5.24. The fourth-order valence-corrected chi connectivity index (χ4v) is 4.79. The first-order valence-electron chi connectivity index (χ1n) is 8.97. The molecule has 0 unspecified atom stereocenters. The van der Waals surface area contributed by atoms with E-state index >= 15 is 0 Å². The first kappa shape index (κ1) is 22.4. The molecule has 1 heterocycles. The molecule has 2 aromatic carbocycles. The molecule has 1 saturated heterocycles. The minimum absolute atomic E-state index is 0.00198. The van der Waals surface area contributed by atoms with E-state index in [4.69, 9.17) is 16.3 Å². The summed E-state index contributed by atoms with van der Waals surface area (Å²) in [7, 11) is -3.64. The number of halogens is 4. The van der Waals surface area contributed by atoms with Crippen LogP contribution in [0.2, 0.25) is 5.02 Å². The fraction of sp³-hybridized carbons (Fsp3) is 0.316. The van der Waals surface area contributed by atoms with Crippen LogP contribution in [-0.2, 0) is 21.0 Å². The lowest BCUT2D eigenvalue weighted by molar-refractivity contribution is -0.137. The lowest BCUT2D eigenvalue weighted by Crippen LogP contribution is -2.27. The van der Waals surface area contributed by atoms with Crippen molar-refractivity contribution in [3.63, 3.8) is 0 Å². The van der Waals surface area contributed by atoms with Gasteiger partial charge in [0.2, 0.25) is 10.0 Å². The molecular weight excluding hydrogens is 445 g/mol. The van der Waals surface area contributed by atoms with Gasteiger partial charge in [-0.2, -0.15) is 17.5 Å². The van der Waals surface area contributed by atoms with E-state index < -0.39 is 34.3 Å². The standard InChI is InChI=1S/C19H18ClF3N2O4S/c20-16-11-15(30(27,28)25-8-1-2-9-25)6-7-17(16)29-12-18(26)24-14-5-3-4-13(10-14)19(21,22)23/h3-7,10-11H,1-2,8-9,12H2,(H,24,26). The second-order valence-electron chi connectivity index (χ2n) is 6.62. The minimum Gasteiger partial charge on any atom is -0.482 e. The first-order valence-corrected chi connectivity index (χ1v) is 10.8. The topological polar surface area (TPSA) is 75.7 Å². The summed E-state index contributed by atoms with van der Waals surface area (Å²) in [5.74, 6) is -0.615. The number of benzene rings is 2. The van der Waals surface area contributed by atoms with Crippen molar-refractivity contribution in [1.82, 2.24) is 4.31 Å². The van der Waals surface area contributed by atoms with Crippen LogP contribution in [0, 0.1) is 0 Å². The van der Waals surface area contributed by atoms with E-state index in [1.54, 1.807) is 0 Å². The van der Waals surface area contributed by atoms with Gasteiger partial charge in [-0.15, -0.1) is 0 Å². The highest BCUT2D eigenvalue weighted by Crippen LogP contribution is 2.31. The lowest BCUT2D eigenvalue weighted by atomic mass is 10.2. The van der Waals surface area contributed by atoms with Gasteiger partial charge in [-0.1, -0.05) is 17.7 Å². The summed E-state index contributed by atoms with van der Waals surface area (Å²) in [5.41, 5.74) is -0.921. The summed E-state index contributed by atoms with van der Waals surface area (Å²) >= 11 is 6.09. The van der Waals surface area contributed by atoms with Gasteiger partial charge in [0.1, 0.15) is 5.75 Å². The highest BCUT2D eigenvalue weighted by Gasteiger charge is 2.30. The molecule has 2 aromatic rings. The van der Waals surface area contributed by atoms with Gasteiger partial charge in [0, 0.05) is 18.8 Å². The molecule has 0 aromatic heterocycles. The molecule has 0 saturated carbocycles. The molecule has 3 rings (SSSR count). The number of sulfonamides is 1. The zero-order valence-electron chi connectivity index (χ0n) is 15.6. The quantitative estimate of drug-likeness (QED) is 0.699. The van der Waals surface area contributed by atoms with E-state index in [0.29, 0.717) is 13.1 Å². The van der Waals surface area contributed by atoms with Gasteiger partial charge in [0.05, 0.1) is 15.5 Å². The monoisotopic (exact) mass is 462 g/mol. The second-order valence-corrected chi connectivity index (χ2v) is 8.96. The molecule has 0 radical (unpaired) electrons. The maximum absolute atomic E-state index is 12.7. The number of hydrogen-bond acceptors (Lipinski definition) is 4. The molecule has 11 heteroatoms. The summed E-state index contributed by atoms with van der Waals surface area (Å²) < 4.78 is 70.0. The number of ether oxygens (including phenoxy) is 1. The van der Waals surface area contributed by atoms with Crippen LogP contribution in [0.5, 0.6) is 5.75 Å². The zero-order chi connectivity index (χ0) is 21.9. The number of rotatable bonds is 6. The Balaban J connectivity index is 1.63. The van der Waals surface area contributed by atoms with Crippen LogP contribution in [0.3, 0.4) is 0 Å². The third-order valence-corrected chi connectivity index (χ3v) is 6.63. The average Bonchev–Trinajstić information content (AvgIpc) is 3.22. The van der Waals surface area contributed by atoms with Crippen LogP contribution >= 0.6 is 11.6 Å². The molecule has 0 aliphatic carbocycles. The minimum atomic E-state index is -4.53. The Morgan fingerprint density at radius 1 is 1.13 bits per heavy atom. The molecule has 1 fully saturated rings. The number of hydrogen-bond donors (Lipinski definition) is 1. The molecule has 0 spiro atoms. The number of nitrogens with one attached hydrogen (secondary N) is 1. The van der Waals surface area contributed by atoms with Gasteiger partial charge < -0.3 is 10.1 Å². The van der Waals surface area contributed by atoms with Crippen molar-refractivity contribution in [3.8, 4) is 5.75 Å². The summed E-state index contributed by atoms with van der Waals surface area (Å²) in [4.78, 5) is 12.0. The Kier molecular flexibility index (Phi) is 6.59. The number of amides is 1. The summed E-state index contributed by atoms with van der Waals surface area (Å²) in [6.07, 6.45) is -2.92. The first-order chi connectivity index (χ1) is 14.1. The van der Waals surface area contributed by atoms with Crippen molar-refractivity contribution in [3.05, 3.63) is 53.1 Å². The molecule has 162 valence electrons. The molecule has 1 aliphatic rings. The average molecular weight is 463 g/mol. The van der Waals surface area contributed by atoms with Crippen molar-refractivity contribution in [2.75, 3.05) is 25.0 Å². The van der Waals surface area contributed by atoms with Gasteiger partial charge >= 0.3 is 6.18 Å². The van der Waals surface area contributed by atoms with Gasteiger partial charge in [-0.05, 0) is 49.2 Å². The molecule has 1 N–H and O–H groups in total. The van der Waals surface area contributed by atoms with E-state index in [1.165, 1.54) is 34.6 Å². The summed E-state index contributed by atoms with van der Waals surface area (Å²) in [5, 5.41) is 2.31. The van der Waals surface area contributed by atoms with Gasteiger partial charge in [-0.3, -0.25) is 4.79 Å². The van der Waals surface area contributed by atoms with Crippen molar-refractivity contribution in [1.29, 1.82) is 0 Å². The molecule has 1 amide bonds. The summed E-state index contributed by atoms with van der Waals surface area (Å²) in [6.45, 7) is 0.385. The number of carbonyl (C=O) groups is 1. The summed E-state index contributed by atoms with van der Waals surface area (Å²) in [6, 6.07) is 8.11. The Morgan fingerprint density at radius 2 is 1.83 bits per heavy atom. The molecule has 6 nitrogen and oxygen atoms in total. The van der Waals surface area contributed by atoms with E-state index in [0.717, 1.165) is 25.0 Å². The Bertz CT molecular complexity index is 1040. The van der Waals surface area contributed by atoms with E-state index in [2.05, 4.69) is 5.32 Å². The zero-order valence-corrected chi connectivity index (χ0v) is 17.1. The molecule has 1 aliphatic heterocycles. The Hall–Kier alpha value is -2.30. The fourth-order valence-electron chi connectivity index (χ4n) is 2.95. The van der Waals surface area contributed by atoms with Crippen LogP contribution in [0.4, 0.5) is 18.9 Å². The highest BCUT2D eigenvalue weighted by molar-refractivity contribution is 7.89. The van der Waals surface area contributed by atoms with Crippen LogP contribution in [0.15, 0.2) is 47.4 Å². The maximum atomic E-state index is 12.7. The number of nitrogens with zero attached hydrogens (tertiary/aromatic N) is 1. The van der Waals surface area contributed by atoms with Crippen molar-refractivity contribution >= 4 is 33.2 Å². The highest BCUT2D eigenvalue weighted by atomic mass is 35.5. The Morgan fingerprint density at radius 3 is 2.47 bits per heavy atom. The molecule has 30 heavy (non-hydrogen) atoms. The number of carbonyl (C=O) groups excluding carboxylic acids is 1. The van der Waals surface area contributed by atoms with Crippen LogP contribution in [0.1, 0.15) is 18.4 Å². The largest absolute Gasteiger partial charge is 0.482 e. The van der Waals surface area contributed by atoms with E-state index in [-0.39, 0.29) is 21.4 Å². The number of alkyl halides is 3. The van der Waals surface area contributed by atoms with Gasteiger partial charge in [0.25, 0.3) is 5.91 Å². The normalized spacial score (nSPS) is 15.2. The van der Waals surface area contributed by atoms with Crippen molar-refractivity contribution < 1.29 is 31.1 Å². The lowest BCUT2D eigenvalue weighted by Gasteiger charge is -2.16. The molecule has 0 atom stereocenters. The van der Waals surface area contributed by atoms with Crippen LogP contribution < -0.4 is 10.1 Å². The second kappa shape index (κ2) is 8.83. The Labute approximate surface area is 176 Å². The van der Waals surface area contributed by atoms with Gasteiger partial charge in [0.15, 0.2) is 6.61 Å². The van der Waals surface area contributed by atoms with Crippen LogP contribution in [0.25, 0.3) is 0 Å². The van der Waals surface area contributed by atoms with E-state index in [9.17, 15) is 26.4 Å². The predicted octanol–water partition coefficient (Wildman–Crippen LogP) is 4.16. The van der Waals surface area contributed by atoms with Gasteiger partial charge in [-0.25, -0.2) is 8.42 Å². The predicted molar refractivity (Wildman–Crippen MR) is 105 cm³/mol. The smallest absolute Gasteiger partial charge is 0.416 e. The maximum Gasteiger partial charge on any atom is 0.416 e. The van der Waals surface area contributed by atoms with E-state index in [1.807, 2.05) is 0 Å². The molecular formula is C19H18ClF3N2O4S. The van der Waals surface area contributed by atoms with Crippen molar-refractivity contribution in [2.24, 2.45) is 0 Å². The number of anilines is 1. The SMILES string of the molecule is O=C(COc1ccc(S(=O)(=O)N2CCCC2)cc1Cl)Nc1cccc(C(F)(F)F)c1.